The normalized spacial score (nSPS) is 9.39. The van der Waals surface area contributed by atoms with E-state index in [1.807, 2.05) is 24.3 Å². The second kappa shape index (κ2) is 8.93. The van der Waals surface area contributed by atoms with E-state index in [1.165, 1.54) is 16.3 Å². The fourth-order valence-electron chi connectivity index (χ4n) is 1.29. The van der Waals surface area contributed by atoms with Gasteiger partial charge in [-0.15, -0.1) is 12.1 Å². The van der Waals surface area contributed by atoms with Crippen LogP contribution in [0.15, 0.2) is 42.5 Å². The van der Waals surface area contributed by atoms with Crippen molar-refractivity contribution in [3.63, 3.8) is 0 Å². The number of halogens is 3. The van der Waals surface area contributed by atoms with Gasteiger partial charge < -0.3 is 4.74 Å². The molecule has 2 aromatic rings. The van der Waals surface area contributed by atoms with Gasteiger partial charge in [0.25, 0.3) is 0 Å². The molecule has 0 heterocycles. The molecule has 90 valence electrons. The molecule has 18 heavy (non-hydrogen) atoms. The van der Waals surface area contributed by atoms with Crippen molar-refractivity contribution in [2.45, 2.75) is 6.61 Å². The van der Waals surface area contributed by atoms with Crippen molar-refractivity contribution >= 4 is 36.8 Å². The molecule has 0 saturated heterocycles. The first-order valence-electron chi connectivity index (χ1n) is 5.06. The zero-order valence-electron chi connectivity index (χ0n) is 9.50. The third-order valence-electron chi connectivity index (χ3n) is 2.11. The van der Waals surface area contributed by atoms with E-state index in [0.29, 0.717) is 22.4 Å². The quantitative estimate of drug-likeness (QED) is 0.510. The van der Waals surface area contributed by atoms with E-state index in [4.69, 9.17) is 27.9 Å². The van der Waals surface area contributed by atoms with E-state index in [2.05, 4.69) is 19.7 Å². The summed E-state index contributed by atoms with van der Waals surface area (Å²) in [6.45, 7) is 0.346. The van der Waals surface area contributed by atoms with E-state index < -0.39 is 0 Å². The van der Waals surface area contributed by atoms with Crippen LogP contribution in [0, 0.1) is 6.07 Å². The molecule has 0 radical (unpaired) electrons. The fourth-order valence-corrected chi connectivity index (χ4v) is 1.79. The van der Waals surface area contributed by atoms with Gasteiger partial charge >= 0.3 is 30.0 Å². The molecule has 0 unspecified atom stereocenters. The van der Waals surface area contributed by atoms with Gasteiger partial charge in [-0.25, -0.2) is 0 Å². The molecule has 0 aliphatic rings. The van der Waals surface area contributed by atoms with Crippen molar-refractivity contribution in [3.8, 4) is 5.75 Å². The van der Waals surface area contributed by atoms with Crippen LogP contribution in [0.3, 0.4) is 0 Å². The summed E-state index contributed by atoms with van der Waals surface area (Å²) in [6, 6.07) is 15.8. The Balaban J connectivity index is 0.000000771. The van der Waals surface area contributed by atoms with Crippen LogP contribution in [0.1, 0.15) is 5.56 Å². The number of ether oxygens (including phenoxy) is 1. The van der Waals surface area contributed by atoms with Crippen LogP contribution < -0.4 is 4.74 Å². The van der Waals surface area contributed by atoms with Crippen LogP contribution >= 0.6 is 36.8 Å². The Kier molecular flexibility index (Phi) is 7.93. The van der Waals surface area contributed by atoms with Crippen molar-refractivity contribution in [1.29, 1.82) is 0 Å². The average Bonchev–Trinajstić information content (AvgIpc) is 2.42. The Morgan fingerprint density at radius 1 is 1.06 bits per heavy atom. The van der Waals surface area contributed by atoms with Crippen LogP contribution in [0.5, 0.6) is 5.75 Å². The molecular formula is C13H9BrCl2OZn. The molecule has 0 fully saturated rings. The second-order valence-corrected chi connectivity index (χ2v) is 4.03. The van der Waals surface area contributed by atoms with E-state index in [0.717, 1.165) is 5.56 Å². The fraction of sp³-hybridized carbons (Fsp3) is 0.0769. The van der Waals surface area contributed by atoms with Crippen LogP contribution in [-0.2, 0) is 22.9 Å². The molecule has 1 nitrogen and oxygen atoms in total. The van der Waals surface area contributed by atoms with Crippen LogP contribution in [0.25, 0.3) is 0 Å². The van der Waals surface area contributed by atoms with Crippen molar-refractivity contribution in [2.24, 2.45) is 0 Å². The molecule has 0 aromatic heterocycles. The molecule has 0 amide bonds. The van der Waals surface area contributed by atoms with Crippen molar-refractivity contribution in [1.82, 2.24) is 0 Å². The van der Waals surface area contributed by atoms with Gasteiger partial charge in [-0.3, -0.25) is 0 Å². The molecule has 0 aliphatic carbocycles. The van der Waals surface area contributed by atoms with Crippen molar-refractivity contribution in [2.75, 3.05) is 0 Å². The zero-order chi connectivity index (χ0) is 13.4. The van der Waals surface area contributed by atoms with Gasteiger partial charge in [0, 0.05) is 21.4 Å². The summed E-state index contributed by atoms with van der Waals surface area (Å²) in [5.41, 5.74) is 0.795. The number of rotatable bonds is 3. The second-order valence-electron chi connectivity index (χ2n) is 3.22. The number of hydrogen-bond donors (Lipinski definition) is 0. The predicted molar refractivity (Wildman–Crippen MR) is 75.0 cm³/mol. The number of hydrogen-bond acceptors (Lipinski definition) is 1. The molecule has 0 saturated carbocycles. The SMILES string of the molecule is Clc1cccc(Cl)c1COc1[c-]cccc1.[Zn+][Br]. The molecule has 2 aromatic carbocycles. The molecule has 0 spiro atoms. The Hall–Kier alpha value is -0.0766. The van der Waals surface area contributed by atoms with Gasteiger partial charge in [0.2, 0.25) is 0 Å². The van der Waals surface area contributed by atoms with Crippen LogP contribution in [0.4, 0.5) is 0 Å². The maximum absolute atomic E-state index is 6.02. The summed E-state index contributed by atoms with van der Waals surface area (Å²) >= 11 is 16.3. The minimum atomic E-state index is 0.346. The summed E-state index contributed by atoms with van der Waals surface area (Å²) in [4.78, 5) is 0. The summed E-state index contributed by atoms with van der Waals surface area (Å²) < 4.78 is 5.53. The molecule has 0 bridgehead atoms. The molecule has 0 N–H and O–H groups in total. The summed E-state index contributed by atoms with van der Waals surface area (Å²) in [5, 5.41) is 1.23. The maximum atomic E-state index is 6.02. The Labute approximate surface area is 133 Å². The van der Waals surface area contributed by atoms with Crippen molar-refractivity contribution in [3.05, 3.63) is 64.1 Å². The average molecular weight is 397 g/mol. The van der Waals surface area contributed by atoms with Gasteiger partial charge in [-0.2, -0.15) is 18.2 Å². The van der Waals surface area contributed by atoms with Gasteiger partial charge in [0.1, 0.15) is 6.61 Å². The number of para-hydroxylation sites is 1. The topological polar surface area (TPSA) is 9.23 Å². The summed E-state index contributed by atoms with van der Waals surface area (Å²) in [7, 11) is 0. The van der Waals surface area contributed by atoms with Gasteiger partial charge in [-0.1, -0.05) is 29.3 Å². The Morgan fingerprint density at radius 2 is 1.72 bits per heavy atom. The summed E-state index contributed by atoms with van der Waals surface area (Å²) in [6.07, 6.45) is 0. The van der Waals surface area contributed by atoms with Gasteiger partial charge in [0.05, 0.1) is 0 Å². The van der Waals surface area contributed by atoms with Crippen LogP contribution in [-0.4, -0.2) is 0 Å². The standard InChI is InChI=1S/C13H9Cl2O.BrH.Zn/c14-12-7-4-8-13(15)11(12)9-16-10-5-2-1-3-6-10;;/h1-5,7-8H,9H2;1H;/q-1;;+2/p-1. The van der Waals surface area contributed by atoms with Gasteiger partial charge in [0.15, 0.2) is 0 Å². The molecule has 0 aliphatic heterocycles. The third kappa shape index (κ3) is 4.89. The van der Waals surface area contributed by atoms with E-state index >= 15 is 0 Å². The Morgan fingerprint density at radius 3 is 2.28 bits per heavy atom. The molecule has 5 heteroatoms. The predicted octanol–water partition coefficient (Wildman–Crippen LogP) is 5.22. The first-order chi connectivity index (χ1) is 8.77. The first kappa shape index (κ1) is 16.0. The summed E-state index contributed by atoms with van der Waals surface area (Å²) in [5.74, 6) is 0.679. The van der Waals surface area contributed by atoms with Crippen molar-refractivity contribution < 1.29 is 21.1 Å². The van der Waals surface area contributed by atoms with E-state index in [1.54, 1.807) is 18.2 Å². The first-order valence-corrected chi connectivity index (χ1v) is 12.8. The zero-order valence-corrected chi connectivity index (χ0v) is 15.6. The molecule has 0 atom stereocenters. The number of benzene rings is 2. The van der Waals surface area contributed by atoms with Crippen LogP contribution in [0.2, 0.25) is 10.0 Å². The molecular weight excluding hydrogens is 388 g/mol. The van der Waals surface area contributed by atoms with E-state index in [9.17, 15) is 0 Å². The van der Waals surface area contributed by atoms with Gasteiger partial charge in [-0.05, 0) is 12.1 Å². The third-order valence-corrected chi connectivity index (χ3v) is 2.82. The monoisotopic (exact) mass is 394 g/mol. The molecule has 2 rings (SSSR count). The Bertz CT molecular complexity index is 459. The minimum absolute atomic E-state index is 0.346. The van der Waals surface area contributed by atoms with E-state index in [-0.39, 0.29) is 0 Å².